The van der Waals surface area contributed by atoms with E-state index in [0.717, 1.165) is 33.4 Å². The fraction of sp³-hybridized carbons (Fsp3) is 0.143. The molecule has 2 N–H and O–H groups in total. The third kappa shape index (κ3) is 2.51. The van der Waals surface area contributed by atoms with Crippen molar-refractivity contribution in [2.75, 3.05) is 0 Å². The molecule has 0 spiro atoms. The van der Waals surface area contributed by atoms with Crippen molar-refractivity contribution in [3.8, 4) is 0 Å². The van der Waals surface area contributed by atoms with Gasteiger partial charge in [-0.2, -0.15) is 0 Å². The third-order valence-corrected chi connectivity index (χ3v) is 6.29. The molecule has 148 valence electrons. The summed E-state index contributed by atoms with van der Waals surface area (Å²) in [5, 5.41) is 24.7. The Morgan fingerprint density at radius 2 is 0.833 bits per heavy atom. The molecule has 0 radical (unpaired) electrons. The molecule has 0 fully saturated rings. The van der Waals surface area contributed by atoms with E-state index in [1.165, 1.54) is 0 Å². The van der Waals surface area contributed by atoms with Crippen LogP contribution in [0.4, 0.5) is 0 Å². The number of hydrogen-bond acceptors (Lipinski definition) is 2. The van der Waals surface area contributed by atoms with Crippen LogP contribution in [0.2, 0.25) is 0 Å². The van der Waals surface area contributed by atoms with Gasteiger partial charge in [0.2, 0.25) is 0 Å². The zero-order valence-corrected chi connectivity index (χ0v) is 17.1. The number of rotatable bonds is 2. The molecule has 5 rings (SSSR count). The maximum Gasteiger partial charge on any atom is 0.141 e. The van der Waals surface area contributed by atoms with E-state index in [1.54, 1.807) is 0 Å². The highest BCUT2D eigenvalue weighted by molar-refractivity contribution is 5.65. The lowest BCUT2D eigenvalue weighted by molar-refractivity contribution is 0.0747. The number of benzene rings is 4. The lowest BCUT2D eigenvalue weighted by atomic mass is 9.63. The second kappa shape index (κ2) is 6.66. The summed E-state index contributed by atoms with van der Waals surface area (Å²) in [6.45, 7) is 4.02. The molecule has 0 saturated heterocycles. The van der Waals surface area contributed by atoms with Crippen molar-refractivity contribution in [1.29, 1.82) is 0 Å². The van der Waals surface area contributed by atoms with Gasteiger partial charge in [0.1, 0.15) is 11.2 Å². The van der Waals surface area contributed by atoms with Crippen LogP contribution in [-0.4, -0.2) is 10.2 Å². The molecule has 0 saturated carbocycles. The Morgan fingerprint density at radius 1 is 0.467 bits per heavy atom. The number of fused-ring (bicyclic) bond motifs is 2. The van der Waals surface area contributed by atoms with Gasteiger partial charge in [-0.25, -0.2) is 0 Å². The van der Waals surface area contributed by atoms with Crippen molar-refractivity contribution in [2.24, 2.45) is 0 Å². The zero-order chi connectivity index (χ0) is 20.9. The molecule has 4 aromatic rings. The molecule has 2 heteroatoms. The van der Waals surface area contributed by atoms with Crippen molar-refractivity contribution in [2.45, 2.75) is 25.0 Å². The lowest BCUT2D eigenvalue weighted by Gasteiger charge is -2.45. The summed E-state index contributed by atoms with van der Waals surface area (Å²) >= 11 is 0. The number of hydrogen-bond donors (Lipinski definition) is 2. The third-order valence-electron chi connectivity index (χ3n) is 6.29. The summed E-state index contributed by atoms with van der Waals surface area (Å²) < 4.78 is 0. The topological polar surface area (TPSA) is 40.5 Å². The summed E-state index contributed by atoms with van der Waals surface area (Å²) in [4.78, 5) is 0. The average molecular weight is 392 g/mol. The van der Waals surface area contributed by atoms with E-state index in [-0.39, 0.29) is 0 Å². The summed E-state index contributed by atoms with van der Waals surface area (Å²) in [5.41, 5.74) is 3.80. The maximum atomic E-state index is 12.3. The fourth-order valence-electron chi connectivity index (χ4n) is 4.82. The Kier molecular flexibility index (Phi) is 4.18. The molecule has 2 atom stereocenters. The minimum absolute atomic E-state index is 0.712. The van der Waals surface area contributed by atoms with E-state index in [1.807, 2.05) is 111 Å². The van der Waals surface area contributed by atoms with E-state index >= 15 is 0 Å². The molecule has 0 aromatic heterocycles. The Balaban J connectivity index is 1.95. The van der Waals surface area contributed by atoms with E-state index < -0.39 is 11.2 Å². The molecule has 4 aromatic carbocycles. The smallest absolute Gasteiger partial charge is 0.141 e. The molecule has 2 unspecified atom stereocenters. The van der Waals surface area contributed by atoms with Crippen molar-refractivity contribution < 1.29 is 10.2 Å². The number of aryl methyl sites for hydroxylation is 2. The fourth-order valence-corrected chi connectivity index (χ4v) is 4.82. The highest BCUT2D eigenvalue weighted by Crippen LogP contribution is 2.53. The van der Waals surface area contributed by atoms with Gasteiger partial charge in [0.25, 0.3) is 0 Å². The summed E-state index contributed by atoms with van der Waals surface area (Å²) in [5.74, 6) is 0. The molecular formula is C28H24O2. The maximum absolute atomic E-state index is 12.3. The quantitative estimate of drug-likeness (QED) is 0.493. The summed E-state index contributed by atoms with van der Waals surface area (Å²) in [6, 6.07) is 31.3. The average Bonchev–Trinajstić information content (AvgIpc) is 2.78. The van der Waals surface area contributed by atoms with Gasteiger partial charge in [-0.1, -0.05) is 108 Å². The van der Waals surface area contributed by atoms with Gasteiger partial charge in [-0.15, -0.1) is 0 Å². The largest absolute Gasteiger partial charge is 0.376 e. The first-order valence-electron chi connectivity index (χ1n) is 10.2. The van der Waals surface area contributed by atoms with E-state index in [2.05, 4.69) is 0 Å². The second-order valence-corrected chi connectivity index (χ2v) is 8.25. The van der Waals surface area contributed by atoms with Crippen LogP contribution in [0.15, 0.2) is 97.1 Å². The van der Waals surface area contributed by atoms with Gasteiger partial charge in [0.15, 0.2) is 0 Å². The first kappa shape index (κ1) is 18.8. The number of aliphatic hydroxyl groups is 2. The molecular weight excluding hydrogens is 368 g/mol. The van der Waals surface area contributed by atoms with Gasteiger partial charge in [-0.05, 0) is 47.2 Å². The van der Waals surface area contributed by atoms with Crippen LogP contribution in [0, 0.1) is 13.8 Å². The minimum atomic E-state index is -1.35. The first-order chi connectivity index (χ1) is 14.5. The zero-order valence-electron chi connectivity index (χ0n) is 17.1. The van der Waals surface area contributed by atoms with Crippen LogP contribution in [0.5, 0.6) is 0 Å². The van der Waals surface area contributed by atoms with Crippen LogP contribution in [-0.2, 0) is 11.2 Å². The molecule has 0 heterocycles. The molecule has 0 aliphatic heterocycles. The Hall–Kier alpha value is -3.20. The van der Waals surface area contributed by atoms with Gasteiger partial charge in [0, 0.05) is 0 Å². The van der Waals surface area contributed by atoms with Gasteiger partial charge in [-0.3, -0.25) is 0 Å². The summed E-state index contributed by atoms with van der Waals surface area (Å²) in [6.07, 6.45) is 0. The predicted molar refractivity (Wildman–Crippen MR) is 119 cm³/mol. The van der Waals surface area contributed by atoms with Crippen molar-refractivity contribution in [1.82, 2.24) is 0 Å². The predicted octanol–water partition coefficient (Wildman–Crippen LogP) is 5.19. The molecule has 1 aliphatic carbocycles. The normalized spacial score (nSPS) is 22.3. The van der Waals surface area contributed by atoms with Crippen molar-refractivity contribution in [3.63, 3.8) is 0 Å². The highest BCUT2D eigenvalue weighted by atomic mass is 16.3. The highest BCUT2D eigenvalue weighted by Gasteiger charge is 2.50. The van der Waals surface area contributed by atoms with Gasteiger partial charge < -0.3 is 10.2 Å². The van der Waals surface area contributed by atoms with E-state index in [4.69, 9.17) is 0 Å². The second-order valence-electron chi connectivity index (χ2n) is 8.25. The summed E-state index contributed by atoms with van der Waals surface area (Å²) in [7, 11) is 0. The Morgan fingerprint density at radius 3 is 1.20 bits per heavy atom. The van der Waals surface area contributed by atoms with Crippen LogP contribution in [0.3, 0.4) is 0 Å². The van der Waals surface area contributed by atoms with Crippen molar-refractivity contribution in [3.05, 3.63) is 142 Å². The van der Waals surface area contributed by atoms with Crippen LogP contribution >= 0.6 is 0 Å². The molecule has 30 heavy (non-hydrogen) atoms. The monoisotopic (exact) mass is 392 g/mol. The molecule has 0 bridgehead atoms. The van der Waals surface area contributed by atoms with Crippen molar-refractivity contribution >= 4 is 0 Å². The molecule has 0 amide bonds. The lowest BCUT2D eigenvalue weighted by Crippen LogP contribution is -2.44. The van der Waals surface area contributed by atoms with Crippen LogP contribution in [0.1, 0.15) is 44.5 Å². The Bertz CT molecular complexity index is 1130. The Labute approximate surface area is 177 Å². The van der Waals surface area contributed by atoms with Gasteiger partial charge in [0.05, 0.1) is 0 Å². The first-order valence-corrected chi connectivity index (χ1v) is 10.2. The molecule has 1 aliphatic rings. The van der Waals surface area contributed by atoms with E-state index in [9.17, 15) is 10.2 Å². The van der Waals surface area contributed by atoms with Crippen LogP contribution < -0.4 is 0 Å². The van der Waals surface area contributed by atoms with Crippen LogP contribution in [0.25, 0.3) is 0 Å². The molecule has 2 nitrogen and oxygen atoms in total. The van der Waals surface area contributed by atoms with Gasteiger partial charge >= 0.3 is 0 Å². The van der Waals surface area contributed by atoms with E-state index in [0.29, 0.717) is 11.1 Å². The SMILES string of the molecule is Cc1ccc2c(c1)C(O)(c1ccccc1)c1ccc(C)cc1C2(O)c1ccccc1. The minimum Gasteiger partial charge on any atom is -0.376 e. The standard InChI is InChI=1S/C28H24O2/c1-19-13-15-23-25(17-19)27(29,21-9-5-3-6-10-21)24-16-14-20(2)18-26(24)28(23,30)22-11-7-4-8-12-22/h3-18,29-30H,1-2H3.